The number of imide groups is 1. The van der Waals surface area contributed by atoms with Crippen molar-refractivity contribution in [3.05, 3.63) is 23.4 Å². The summed E-state index contributed by atoms with van der Waals surface area (Å²) in [6, 6.07) is 0.925. The minimum Gasteiger partial charge on any atom is -0.326 e. The summed E-state index contributed by atoms with van der Waals surface area (Å²) in [5.41, 5.74) is 2.19. The van der Waals surface area contributed by atoms with E-state index in [0.717, 1.165) is 24.0 Å². The predicted octanol–water partition coefficient (Wildman–Crippen LogP) is 0.657. The average molecular weight is 302 g/mol. The predicted molar refractivity (Wildman–Crippen MR) is 79.3 cm³/mol. The fourth-order valence-electron chi connectivity index (χ4n) is 2.89. The minimum absolute atomic E-state index is 0.241. The number of hydrogen-bond donors (Lipinski definition) is 2. The first-order valence-corrected chi connectivity index (χ1v) is 7.42. The highest BCUT2D eigenvalue weighted by molar-refractivity contribution is 6.03. The van der Waals surface area contributed by atoms with E-state index in [1.54, 1.807) is 11.1 Å². The van der Waals surface area contributed by atoms with Gasteiger partial charge in [-0.2, -0.15) is 0 Å². The van der Waals surface area contributed by atoms with E-state index in [1.807, 2.05) is 13.0 Å². The third-order valence-electron chi connectivity index (χ3n) is 4.11. The summed E-state index contributed by atoms with van der Waals surface area (Å²) >= 11 is 0. The monoisotopic (exact) mass is 302 g/mol. The normalized spacial score (nSPS) is 21.1. The van der Waals surface area contributed by atoms with Crippen molar-refractivity contribution in [2.75, 3.05) is 11.4 Å². The molecule has 0 radical (unpaired) electrons. The van der Waals surface area contributed by atoms with E-state index in [4.69, 9.17) is 0 Å². The number of piperidine rings is 1. The molecule has 116 valence electrons. The lowest BCUT2D eigenvalue weighted by Gasteiger charge is -2.31. The molecule has 2 N–H and O–H groups in total. The Morgan fingerprint density at radius 2 is 2.23 bits per heavy atom. The van der Waals surface area contributed by atoms with Crippen molar-refractivity contribution in [3.63, 3.8) is 0 Å². The number of urea groups is 1. The lowest BCUT2D eigenvalue weighted by Crippen LogP contribution is -2.55. The highest BCUT2D eigenvalue weighted by Gasteiger charge is 2.31. The largest absolute Gasteiger partial charge is 0.326 e. The molecule has 1 saturated heterocycles. The zero-order valence-corrected chi connectivity index (χ0v) is 12.4. The van der Waals surface area contributed by atoms with Gasteiger partial charge in [0.15, 0.2) is 0 Å². The van der Waals surface area contributed by atoms with Crippen LogP contribution in [-0.4, -0.2) is 35.4 Å². The SMILES string of the molecule is Cc1ccnc2c1CCCN2C(=O)N[C@H]1CCC(=O)NC1=O. The number of aryl methyl sites for hydroxylation is 1. The zero-order chi connectivity index (χ0) is 15.7. The van der Waals surface area contributed by atoms with Gasteiger partial charge < -0.3 is 5.32 Å². The zero-order valence-electron chi connectivity index (χ0n) is 12.4. The first-order chi connectivity index (χ1) is 10.6. The molecule has 4 amide bonds. The average Bonchev–Trinajstić information content (AvgIpc) is 2.50. The van der Waals surface area contributed by atoms with E-state index in [0.29, 0.717) is 18.8 Å². The third kappa shape index (κ3) is 2.66. The standard InChI is InChI=1S/C15H18N4O3/c1-9-6-7-16-13-10(9)3-2-8-19(13)15(22)17-11-4-5-12(20)18-14(11)21/h6-7,11H,2-5,8H2,1H3,(H,17,22)(H,18,20,21)/t11-/m0/s1. The van der Waals surface area contributed by atoms with Gasteiger partial charge in [0.2, 0.25) is 11.8 Å². The van der Waals surface area contributed by atoms with E-state index in [9.17, 15) is 14.4 Å². The molecule has 0 unspecified atom stereocenters. The van der Waals surface area contributed by atoms with Crippen LogP contribution in [0, 0.1) is 6.92 Å². The van der Waals surface area contributed by atoms with Gasteiger partial charge in [0.05, 0.1) is 0 Å². The molecular weight excluding hydrogens is 284 g/mol. The number of rotatable bonds is 1. The van der Waals surface area contributed by atoms with Gasteiger partial charge in [-0.05, 0) is 43.4 Å². The Balaban J connectivity index is 1.75. The van der Waals surface area contributed by atoms with E-state index in [1.165, 1.54) is 0 Å². The van der Waals surface area contributed by atoms with Crippen LogP contribution in [0.3, 0.4) is 0 Å². The lowest BCUT2D eigenvalue weighted by molar-refractivity contribution is -0.134. The Morgan fingerprint density at radius 3 is 3.00 bits per heavy atom. The molecule has 3 heterocycles. The number of nitrogens with zero attached hydrogens (tertiary/aromatic N) is 2. The summed E-state index contributed by atoms with van der Waals surface area (Å²) in [4.78, 5) is 41.3. The van der Waals surface area contributed by atoms with Gasteiger partial charge in [0.25, 0.3) is 0 Å². The van der Waals surface area contributed by atoms with Gasteiger partial charge in [-0.3, -0.25) is 19.8 Å². The van der Waals surface area contributed by atoms with Crippen molar-refractivity contribution >= 4 is 23.7 Å². The molecule has 1 aromatic rings. The van der Waals surface area contributed by atoms with Crippen LogP contribution in [-0.2, 0) is 16.0 Å². The Bertz CT molecular complexity index is 644. The van der Waals surface area contributed by atoms with Gasteiger partial charge in [0.1, 0.15) is 11.9 Å². The fourth-order valence-corrected chi connectivity index (χ4v) is 2.89. The van der Waals surface area contributed by atoms with Gasteiger partial charge in [-0.1, -0.05) is 0 Å². The van der Waals surface area contributed by atoms with E-state index in [-0.39, 0.29) is 18.4 Å². The molecule has 7 heteroatoms. The van der Waals surface area contributed by atoms with Gasteiger partial charge in [-0.15, -0.1) is 0 Å². The van der Waals surface area contributed by atoms with Crippen molar-refractivity contribution < 1.29 is 14.4 Å². The van der Waals surface area contributed by atoms with E-state index >= 15 is 0 Å². The summed E-state index contributed by atoms with van der Waals surface area (Å²) < 4.78 is 0. The number of fused-ring (bicyclic) bond motifs is 1. The van der Waals surface area contributed by atoms with Crippen molar-refractivity contribution in [2.24, 2.45) is 0 Å². The summed E-state index contributed by atoms with van der Waals surface area (Å²) in [6.07, 6.45) is 4.02. The first-order valence-electron chi connectivity index (χ1n) is 7.42. The molecule has 0 saturated carbocycles. The fraction of sp³-hybridized carbons (Fsp3) is 0.467. The van der Waals surface area contributed by atoms with Crippen molar-refractivity contribution in [3.8, 4) is 0 Å². The van der Waals surface area contributed by atoms with Crippen LogP contribution in [0.4, 0.5) is 10.6 Å². The molecule has 1 fully saturated rings. The second-order valence-corrected chi connectivity index (χ2v) is 5.64. The molecule has 0 aromatic carbocycles. The maximum Gasteiger partial charge on any atom is 0.323 e. The number of aromatic nitrogens is 1. The van der Waals surface area contributed by atoms with Crippen LogP contribution in [0.15, 0.2) is 12.3 Å². The maximum atomic E-state index is 12.5. The molecule has 1 atom stereocenters. The number of hydrogen-bond acceptors (Lipinski definition) is 4. The second kappa shape index (κ2) is 5.75. The lowest BCUT2D eigenvalue weighted by atomic mass is 10.0. The molecular formula is C15H18N4O3. The molecule has 0 spiro atoms. The first kappa shape index (κ1) is 14.5. The summed E-state index contributed by atoms with van der Waals surface area (Å²) in [6.45, 7) is 2.57. The Kier molecular flexibility index (Phi) is 3.79. The molecule has 22 heavy (non-hydrogen) atoms. The number of anilines is 1. The molecule has 0 bridgehead atoms. The molecule has 3 rings (SSSR count). The van der Waals surface area contributed by atoms with Gasteiger partial charge >= 0.3 is 6.03 Å². The van der Waals surface area contributed by atoms with Crippen LogP contribution in [0.2, 0.25) is 0 Å². The Morgan fingerprint density at radius 1 is 1.41 bits per heavy atom. The van der Waals surface area contributed by atoms with Crippen molar-refractivity contribution in [1.29, 1.82) is 0 Å². The van der Waals surface area contributed by atoms with Crippen LogP contribution in [0.5, 0.6) is 0 Å². The number of carbonyl (C=O) groups is 3. The summed E-state index contributed by atoms with van der Waals surface area (Å²) in [7, 11) is 0. The number of amides is 4. The third-order valence-corrected chi connectivity index (χ3v) is 4.11. The van der Waals surface area contributed by atoms with Crippen LogP contribution < -0.4 is 15.5 Å². The van der Waals surface area contributed by atoms with E-state index < -0.39 is 11.9 Å². The van der Waals surface area contributed by atoms with Gasteiger partial charge in [-0.25, -0.2) is 9.78 Å². The Hall–Kier alpha value is -2.44. The summed E-state index contributed by atoms with van der Waals surface area (Å²) in [5, 5.41) is 4.94. The molecule has 1 aromatic heterocycles. The molecule has 2 aliphatic heterocycles. The number of nitrogens with one attached hydrogen (secondary N) is 2. The smallest absolute Gasteiger partial charge is 0.323 e. The van der Waals surface area contributed by atoms with Gasteiger partial charge in [0, 0.05) is 19.2 Å². The summed E-state index contributed by atoms with van der Waals surface area (Å²) in [5.74, 6) is -0.0776. The highest BCUT2D eigenvalue weighted by Crippen LogP contribution is 2.27. The van der Waals surface area contributed by atoms with Crippen molar-refractivity contribution in [2.45, 2.75) is 38.6 Å². The highest BCUT2D eigenvalue weighted by atomic mass is 16.2. The topological polar surface area (TPSA) is 91.4 Å². The molecule has 7 nitrogen and oxygen atoms in total. The van der Waals surface area contributed by atoms with Crippen LogP contribution in [0.25, 0.3) is 0 Å². The van der Waals surface area contributed by atoms with Crippen LogP contribution >= 0.6 is 0 Å². The second-order valence-electron chi connectivity index (χ2n) is 5.64. The Labute approximate surface area is 128 Å². The van der Waals surface area contributed by atoms with Crippen molar-refractivity contribution in [1.82, 2.24) is 15.6 Å². The molecule has 2 aliphatic rings. The van der Waals surface area contributed by atoms with Crippen LogP contribution in [0.1, 0.15) is 30.4 Å². The molecule has 0 aliphatic carbocycles. The minimum atomic E-state index is -0.666. The number of pyridine rings is 1. The quantitative estimate of drug-likeness (QED) is 0.745. The van der Waals surface area contributed by atoms with E-state index in [2.05, 4.69) is 15.6 Å². The number of carbonyl (C=O) groups excluding carboxylic acids is 3. The maximum absolute atomic E-state index is 12.5.